The third-order valence-corrected chi connectivity index (χ3v) is 4.82. The van der Waals surface area contributed by atoms with Gasteiger partial charge in [0.1, 0.15) is 4.47 Å². The smallest absolute Gasteiger partial charge is 0.284 e. The Morgan fingerprint density at radius 2 is 2.20 bits per heavy atom. The van der Waals surface area contributed by atoms with Crippen LogP contribution in [-0.4, -0.2) is 16.9 Å². The van der Waals surface area contributed by atoms with Gasteiger partial charge < -0.3 is 5.32 Å². The standard InChI is InChI=1S/C14H17BrN2O3/c1-14(2)8-4-7-11(14)16-13(18)9-5-3-6-10(12(9)15)17(19)20/h3,5-6,11H,4,7-8H2,1-2H3,(H,16,18). The predicted octanol–water partition coefficient (Wildman–Crippen LogP) is 3.67. The monoisotopic (exact) mass is 340 g/mol. The van der Waals surface area contributed by atoms with Gasteiger partial charge in [-0.25, -0.2) is 0 Å². The summed E-state index contributed by atoms with van der Waals surface area (Å²) in [5, 5.41) is 13.9. The van der Waals surface area contributed by atoms with Gasteiger partial charge in [0.15, 0.2) is 0 Å². The van der Waals surface area contributed by atoms with Gasteiger partial charge in [-0.15, -0.1) is 0 Å². The van der Waals surface area contributed by atoms with Crippen molar-refractivity contribution in [2.75, 3.05) is 0 Å². The van der Waals surface area contributed by atoms with Crippen LogP contribution in [0.25, 0.3) is 0 Å². The molecule has 1 N–H and O–H groups in total. The molecule has 1 atom stereocenters. The first kappa shape index (κ1) is 15.0. The number of nitro benzene ring substituents is 1. The number of nitrogens with one attached hydrogen (secondary N) is 1. The van der Waals surface area contributed by atoms with Crippen molar-refractivity contribution in [1.82, 2.24) is 5.32 Å². The fraction of sp³-hybridized carbons (Fsp3) is 0.500. The fourth-order valence-electron chi connectivity index (χ4n) is 2.67. The van der Waals surface area contributed by atoms with E-state index in [0.717, 1.165) is 19.3 Å². The summed E-state index contributed by atoms with van der Waals surface area (Å²) < 4.78 is 0.235. The van der Waals surface area contributed by atoms with E-state index in [1.807, 2.05) is 0 Å². The van der Waals surface area contributed by atoms with E-state index >= 15 is 0 Å². The highest BCUT2D eigenvalue weighted by Crippen LogP contribution is 2.37. The van der Waals surface area contributed by atoms with Gasteiger partial charge in [0.05, 0.1) is 10.5 Å². The number of benzene rings is 1. The topological polar surface area (TPSA) is 72.2 Å². The first-order valence-corrected chi connectivity index (χ1v) is 7.36. The lowest BCUT2D eigenvalue weighted by atomic mass is 9.87. The molecule has 1 amide bonds. The summed E-state index contributed by atoms with van der Waals surface area (Å²) in [7, 11) is 0. The van der Waals surface area contributed by atoms with Crippen molar-refractivity contribution >= 4 is 27.5 Å². The molecule has 0 aliphatic heterocycles. The van der Waals surface area contributed by atoms with Crippen LogP contribution in [0, 0.1) is 15.5 Å². The minimum absolute atomic E-state index is 0.0723. The average molecular weight is 341 g/mol. The molecule has 2 rings (SSSR count). The van der Waals surface area contributed by atoms with Crippen molar-refractivity contribution in [1.29, 1.82) is 0 Å². The molecule has 108 valence electrons. The van der Waals surface area contributed by atoms with Crippen molar-refractivity contribution in [3.8, 4) is 0 Å². The highest BCUT2D eigenvalue weighted by atomic mass is 79.9. The molecule has 20 heavy (non-hydrogen) atoms. The Balaban J connectivity index is 2.22. The Hall–Kier alpha value is -1.43. The minimum atomic E-state index is -0.500. The largest absolute Gasteiger partial charge is 0.349 e. The van der Waals surface area contributed by atoms with Crippen LogP contribution in [0.15, 0.2) is 22.7 Å². The molecule has 1 aliphatic carbocycles. The first-order valence-electron chi connectivity index (χ1n) is 6.57. The number of carbonyl (C=O) groups is 1. The molecule has 1 aliphatic rings. The van der Waals surface area contributed by atoms with Crippen molar-refractivity contribution < 1.29 is 9.72 Å². The number of hydrogen-bond acceptors (Lipinski definition) is 3. The van der Waals surface area contributed by atoms with Crippen molar-refractivity contribution in [3.63, 3.8) is 0 Å². The zero-order valence-corrected chi connectivity index (χ0v) is 13.1. The third kappa shape index (κ3) is 2.85. The van der Waals surface area contributed by atoms with Crippen LogP contribution >= 0.6 is 15.9 Å². The quantitative estimate of drug-likeness (QED) is 0.673. The molecule has 0 bridgehead atoms. The van der Waals surface area contributed by atoms with Gasteiger partial charge in [-0.05, 0) is 40.3 Å². The highest BCUT2D eigenvalue weighted by molar-refractivity contribution is 9.10. The molecular weight excluding hydrogens is 324 g/mol. The molecule has 1 aromatic rings. The second-order valence-corrected chi connectivity index (χ2v) is 6.60. The summed E-state index contributed by atoms with van der Waals surface area (Å²) in [5.74, 6) is -0.263. The van der Waals surface area contributed by atoms with Crippen LogP contribution in [0.2, 0.25) is 0 Å². The Morgan fingerprint density at radius 3 is 2.75 bits per heavy atom. The Kier molecular flexibility index (Phi) is 4.13. The van der Waals surface area contributed by atoms with E-state index < -0.39 is 4.92 Å². The zero-order chi connectivity index (χ0) is 14.9. The van der Waals surface area contributed by atoms with Gasteiger partial charge in [0.25, 0.3) is 11.6 Å². The molecule has 0 saturated heterocycles. The van der Waals surface area contributed by atoms with Gasteiger partial charge in [0, 0.05) is 12.1 Å². The molecule has 1 unspecified atom stereocenters. The summed E-state index contributed by atoms with van der Waals surface area (Å²) in [6, 6.07) is 4.60. The fourth-order valence-corrected chi connectivity index (χ4v) is 3.26. The van der Waals surface area contributed by atoms with Gasteiger partial charge in [-0.1, -0.05) is 26.3 Å². The molecule has 0 spiro atoms. The molecular formula is C14H17BrN2O3. The number of amides is 1. The number of hydrogen-bond donors (Lipinski definition) is 1. The second-order valence-electron chi connectivity index (χ2n) is 5.80. The van der Waals surface area contributed by atoms with E-state index in [2.05, 4.69) is 35.1 Å². The minimum Gasteiger partial charge on any atom is -0.349 e. The lowest BCUT2D eigenvalue weighted by Crippen LogP contribution is -2.41. The van der Waals surface area contributed by atoms with Gasteiger partial charge >= 0.3 is 0 Å². The van der Waals surface area contributed by atoms with E-state index in [1.165, 1.54) is 12.1 Å². The number of rotatable bonds is 3. The Labute approximate surface area is 126 Å². The maximum absolute atomic E-state index is 12.3. The first-order chi connectivity index (χ1) is 9.33. The van der Waals surface area contributed by atoms with Crippen LogP contribution in [0.5, 0.6) is 0 Å². The number of nitrogens with zero attached hydrogens (tertiary/aromatic N) is 1. The van der Waals surface area contributed by atoms with Crippen LogP contribution in [0.4, 0.5) is 5.69 Å². The third-order valence-electron chi connectivity index (χ3n) is 3.98. The maximum Gasteiger partial charge on any atom is 0.284 e. The van der Waals surface area contributed by atoms with Crippen LogP contribution in [0.1, 0.15) is 43.5 Å². The molecule has 1 saturated carbocycles. The summed E-state index contributed by atoms with van der Waals surface area (Å²) in [5.41, 5.74) is 0.285. The number of carbonyl (C=O) groups excluding carboxylic acids is 1. The zero-order valence-electron chi connectivity index (χ0n) is 11.5. The van der Waals surface area contributed by atoms with E-state index in [0.29, 0.717) is 5.56 Å². The van der Waals surface area contributed by atoms with Crippen molar-refractivity contribution in [3.05, 3.63) is 38.3 Å². The number of nitro groups is 1. The highest BCUT2D eigenvalue weighted by Gasteiger charge is 2.36. The van der Waals surface area contributed by atoms with E-state index in [4.69, 9.17) is 0 Å². The lowest BCUT2D eigenvalue weighted by molar-refractivity contribution is -0.385. The summed E-state index contributed by atoms with van der Waals surface area (Å²) in [6.45, 7) is 4.26. The average Bonchev–Trinajstić information content (AvgIpc) is 2.68. The predicted molar refractivity (Wildman–Crippen MR) is 79.7 cm³/mol. The Bertz CT molecular complexity index is 557. The molecule has 0 heterocycles. The van der Waals surface area contributed by atoms with Gasteiger partial charge in [-0.3, -0.25) is 14.9 Å². The Morgan fingerprint density at radius 1 is 1.50 bits per heavy atom. The van der Waals surface area contributed by atoms with Crippen LogP contribution in [0.3, 0.4) is 0 Å². The number of halogens is 1. The maximum atomic E-state index is 12.3. The van der Waals surface area contributed by atoms with E-state index in [-0.39, 0.29) is 27.5 Å². The molecule has 0 aromatic heterocycles. The van der Waals surface area contributed by atoms with Gasteiger partial charge in [0.2, 0.25) is 0 Å². The summed E-state index contributed by atoms with van der Waals surface area (Å²) in [6.07, 6.45) is 3.12. The van der Waals surface area contributed by atoms with Gasteiger partial charge in [-0.2, -0.15) is 0 Å². The molecule has 6 heteroatoms. The normalized spacial score (nSPS) is 20.6. The molecule has 0 radical (unpaired) electrons. The van der Waals surface area contributed by atoms with Crippen LogP contribution < -0.4 is 5.32 Å². The summed E-state index contributed by atoms with van der Waals surface area (Å²) >= 11 is 3.16. The second kappa shape index (κ2) is 5.52. The summed E-state index contributed by atoms with van der Waals surface area (Å²) in [4.78, 5) is 22.7. The van der Waals surface area contributed by atoms with Crippen LogP contribution in [-0.2, 0) is 0 Å². The molecule has 1 fully saturated rings. The van der Waals surface area contributed by atoms with E-state index in [1.54, 1.807) is 6.07 Å². The SMILES string of the molecule is CC1(C)CCCC1NC(=O)c1cccc([N+](=O)[O-])c1Br. The lowest BCUT2D eigenvalue weighted by Gasteiger charge is -2.27. The molecule has 5 nitrogen and oxygen atoms in total. The van der Waals surface area contributed by atoms with E-state index in [9.17, 15) is 14.9 Å². The molecule has 1 aromatic carbocycles. The van der Waals surface area contributed by atoms with Crippen molar-refractivity contribution in [2.24, 2.45) is 5.41 Å². The van der Waals surface area contributed by atoms with Crippen molar-refractivity contribution in [2.45, 2.75) is 39.2 Å².